The number of hydrogen-bond acceptors (Lipinski definition) is 5. The van der Waals surface area contributed by atoms with Gasteiger partial charge in [0.25, 0.3) is 5.56 Å². The van der Waals surface area contributed by atoms with E-state index in [-0.39, 0.29) is 30.5 Å². The SMILES string of the molecule is O=c1[nH]c(CN(C[C@H]2CCCO2)S(=O)(=O)Cc2ccccc2)nc2ccccc12. The van der Waals surface area contributed by atoms with Crippen LogP contribution in [0.1, 0.15) is 24.2 Å². The molecule has 29 heavy (non-hydrogen) atoms. The largest absolute Gasteiger partial charge is 0.377 e. The van der Waals surface area contributed by atoms with Gasteiger partial charge in [0.1, 0.15) is 5.82 Å². The highest BCUT2D eigenvalue weighted by Gasteiger charge is 2.28. The monoisotopic (exact) mass is 413 g/mol. The third-order valence-corrected chi connectivity index (χ3v) is 6.77. The van der Waals surface area contributed by atoms with Crippen molar-refractivity contribution >= 4 is 20.9 Å². The fourth-order valence-electron chi connectivity index (χ4n) is 3.54. The smallest absolute Gasteiger partial charge is 0.258 e. The van der Waals surface area contributed by atoms with Gasteiger partial charge in [0.2, 0.25) is 10.0 Å². The summed E-state index contributed by atoms with van der Waals surface area (Å²) in [7, 11) is -3.64. The Morgan fingerprint density at radius 1 is 1.10 bits per heavy atom. The van der Waals surface area contributed by atoms with Gasteiger partial charge in [0, 0.05) is 13.2 Å². The van der Waals surface area contributed by atoms with Crippen molar-refractivity contribution in [1.82, 2.24) is 14.3 Å². The van der Waals surface area contributed by atoms with Crippen LogP contribution in [0.5, 0.6) is 0 Å². The van der Waals surface area contributed by atoms with Gasteiger partial charge in [0.15, 0.2) is 0 Å². The van der Waals surface area contributed by atoms with Crippen molar-refractivity contribution in [2.24, 2.45) is 0 Å². The Hall–Kier alpha value is -2.55. The summed E-state index contributed by atoms with van der Waals surface area (Å²) in [6, 6.07) is 16.1. The molecule has 1 aliphatic heterocycles. The van der Waals surface area contributed by atoms with E-state index >= 15 is 0 Å². The van der Waals surface area contributed by atoms with Crippen molar-refractivity contribution < 1.29 is 13.2 Å². The summed E-state index contributed by atoms with van der Waals surface area (Å²) in [5, 5.41) is 0.481. The van der Waals surface area contributed by atoms with Crippen LogP contribution in [0.15, 0.2) is 59.4 Å². The fraction of sp³-hybridized carbons (Fsp3) is 0.333. The number of sulfonamides is 1. The van der Waals surface area contributed by atoms with E-state index in [4.69, 9.17) is 4.74 Å². The lowest BCUT2D eigenvalue weighted by Crippen LogP contribution is -2.38. The van der Waals surface area contributed by atoms with Crippen LogP contribution in [-0.4, -0.2) is 41.9 Å². The standard InChI is InChI=1S/C21H23N3O4S/c25-21-18-10-4-5-11-19(18)22-20(23-21)14-24(13-17-9-6-12-28-17)29(26,27)15-16-7-2-1-3-8-16/h1-5,7-8,10-11,17H,6,9,12-15H2,(H,22,23,25)/t17-/m1/s1. The molecule has 3 aromatic rings. The van der Waals surface area contributed by atoms with E-state index < -0.39 is 10.0 Å². The average molecular weight is 413 g/mol. The van der Waals surface area contributed by atoms with Gasteiger partial charge in [0.05, 0.1) is 29.3 Å². The van der Waals surface area contributed by atoms with Crippen molar-refractivity contribution in [2.75, 3.05) is 13.2 Å². The van der Waals surface area contributed by atoms with E-state index in [2.05, 4.69) is 9.97 Å². The van der Waals surface area contributed by atoms with Crippen molar-refractivity contribution in [2.45, 2.75) is 31.2 Å². The van der Waals surface area contributed by atoms with E-state index in [0.717, 1.165) is 12.8 Å². The predicted molar refractivity (Wildman–Crippen MR) is 111 cm³/mol. The van der Waals surface area contributed by atoms with Crippen molar-refractivity contribution in [1.29, 1.82) is 0 Å². The van der Waals surface area contributed by atoms with Gasteiger partial charge in [-0.1, -0.05) is 42.5 Å². The lowest BCUT2D eigenvalue weighted by Gasteiger charge is -2.24. The molecule has 1 N–H and O–H groups in total. The minimum absolute atomic E-state index is 0.00486. The van der Waals surface area contributed by atoms with E-state index in [0.29, 0.717) is 28.9 Å². The highest BCUT2D eigenvalue weighted by atomic mass is 32.2. The molecule has 0 aliphatic carbocycles. The van der Waals surface area contributed by atoms with Gasteiger partial charge >= 0.3 is 0 Å². The molecule has 1 atom stereocenters. The van der Waals surface area contributed by atoms with Crippen LogP contribution in [0.25, 0.3) is 10.9 Å². The maximum Gasteiger partial charge on any atom is 0.258 e. The Labute approximate surface area is 169 Å². The van der Waals surface area contributed by atoms with E-state index in [1.165, 1.54) is 4.31 Å². The number of ether oxygens (including phenoxy) is 1. The number of nitrogens with one attached hydrogen (secondary N) is 1. The topological polar surface area (TPSA) is 92.4 Å². The zero-order chi connectivity index (χ0) is 20.3. The molecule has 0 spiro atoms. The molecule has 0 amide bonds. The third kappa shape index (κ3) is 4.72. The first-order chi connectivity index (χ1) is 14.0. The van der Waals surface area contributed by atoms with Gasteiger partial charge in [-0.2, -0.15) is 4.31 Å². The van der Waals surface area contributed by atoms with Crippen molar-refractivity contribution in [3.63, 3.8) is 0 Å². The first kappa shape index (κ1) is 19.8. The number of benzene rings is 2. The molecule has 4 rings (SSSR count). The third-order valence-electron chi connectivity index (χ3n) is 5.00. The molecule has 0 radical (unpaired) electrons. The van der Waals surface area contributed by atoms with Crippen molar-refractivity contribution in [3.05, 3.63) is 76.3 Å². The molecule has 152 valence electrons. The van der Waals surface area contributed by atoms with E-state index in [1.54, 1.807) is 36.4 Å². The maximum absolute atomic E-state index is 13.2. The Kier molecular flexibility index (Phi) is 5.75. The molecular formula is C21H23N3O4S. The van der Waals surface area contributed by atoms with Gasteiger partial charge in [-0.05, 0) is 30.5 Å². The maximum atomic E-state index is 13.2. The predicted octanol–water partition coefficient (Wildman–Crippen LogP) is 2.43. The normalized spacial score (nSPS) is 17.2. The molecular weight excluding hydrogens is 390 g/mol. The van der Waals surface area contributed by atoms with Crippen LogP contribution in [0.4, 0.5) is 0 Å². The zero-order valence-electron chi connectivity index (χ0n) is 16.0. The highest BCUT2D eigenvalue weighted by molar-refractivity contribution is 7.88. The van der Waals surface area contributed by atoms with Crippen LogP contribution in [0, 0.1) is 0 Å². The van der Waals surface area contributed by atoms with Gasteiger partial charge < -0.3 is 9.72 Å². The number of H-pyrrole nitrogens is 1. The number of nitrogens with zero attached hydrogens (tertiary/aromatic N) is 2. The Morgan fingerprint density at radius 3 is 2.62 bits per heavy atom. The summed E-state index contributed by atoms with van der Waals surface area (Å²) in [5.41, 5.74) is 0.983. The summed E-state index contributed by atoms with van der Waals surface area (Å²) >= 11 is 0. The Bertz CT molecular complexity index is 1140. The number of hydrogen-bond donors (Lipinski definition) is 1. The zero-order valence-corrected chi connectivity index (χ0v) is 16.8. The molecule has 1 aliphatic rings. The first-order valence-corrected chi connectivity index (χ1v) is 11.2. The van der Waals surface area contributed by atoms with Crippen LogP contribution in [0.3, 0.4) is 0 Å². The molecule has 1 aromatic heterocycles. The summed E-state index contributed by atoms with van der Waals surface area (Å²) < 4.78 is 33.4. The summed E-state index contributed by atoms with van der Waals surface area (Å²) in [6.45, 7) is 0.878. The second-order valence-corrected chi connectivity index (χ2v) is 9.17. The van der Waals surface area contributed by atoms with Crippen LogP contribution in [-0.2, 0) is 27.1 Å². The number of aromatic nitrogens is 2. The van der Waals surface area contributed by atoms with E-state index in [9.17, 15) is 13.2 Å². The fourth-order valence-corrected chi connectivity index (χ4v) is 5.05. The lowest BCUT2D eigenvalue weighted by atomic mass is 10.2. The van der Waals surface area contributed by atoms with Crippen LogP contribution in [0.2, 0.25) is 0 Å². The number of rotatable bonds is 7. The van der Waals surface area contributed by atoms with Crippen LogP contribution < -0.4 is 5.56 Å². The Balaban J connectivity index is 1.64. The Morgan fingerprint density at radius 2 is 1.86 bits per heavy atom. The van der Waals surface area contributed by atoms with Gasteiger partial charge in [-0.25, -0.2) is 13.4 Å². The minimum Gasteiger partial charge on any atom is -0.377 e. The second-order valence-electron chi connectivity index (χ2n) is 7.20. The van der Waals surface area contributed by atoms with Gasteiger partial charge in [-0.3, -0.25) is 4.79 Å². The molecule has 1 fully saturated rings. The number of aromatic amines is 1. The second kappa shape index (κ2) is 8.44. The highest BCUT2D eigenvalue weighted by Crippen LogP contribution is 2.19. The molecule has 8 heteroatoms. The number of para-hydroxylation sites is 1. The minimum atomic E-state index is -3.64. The summed E-state index contributed by atoms with van der Waals surface area (Å²) in [4.78, 5) is 19.6. The first-order valence-electron chi connectivity index (χ1n) is 9.62. The molecule has 2 heterocycles. The van der Waals surface area contributed by atoms with Gasteiger partial charge in [-0.15, -0.1) is 0 Å². The molecule has 0 unspecified atom stereocenters. The molecule has 7 nitrogen and oxygen atoms in total. The quantitative estimate of drug-likeness (QED) is 0.642. The molecule has 1 saturated heterocycles. The average Bonchev–Trinajstić information content (AvgIpc) is 3.21. The summed E-state index contributed by atoms with van der Waals surface area (Å²) in [5.74, 6) is 0.210. The molecule has 2 aromatic carbocycles. The van der Waals surface area contributed by atoms with Crippen molar-refractivity contribution in [3.8, 4) is 0 Å². The lowest BCUT2D eigenvalue weighted by molar-refractivity contribution is 0.0921. The number of fused-ring (bicyclic) bond motifs is 1. The molecule has 0 bridgehead atoms. The van der Waals surface area contributed by atoms with E-state index in [1.807, 2.05) is 18.2 Å². The summed E-state index contributed by atoms with van der Waals surface area (Å²) in [6.07, 6.45) is 1.59. The molecule has 0 saturated carbocycles. The van der Waals surface area contributed by atoms with Crippen LogP contribution >= 0.6 is 0 Å².